The Balaban J connectivity index is 1.72. The number of rotatable bonds is 5. The Morgan fingerprint density at radius 3 is 2.16 bits per heavy atom. The van der Waals surface area contributed by atoms with Gasteiger partial charge in [-0.1, -0.05) is 26.2 Å². The molecule has 1 N–H and O–H groups in total. The molecule has 0 radical (unpaired) electrons. The maximum absolute atomic E-state index is 13.0. The lowest BCUT2D eigenvalue weighted by Gasteiger charge is -2.27. The van der Waals surface area contributed by atoms with Gasteiger partial charge >= 0.3 is 0 Å². The van der Waals surface area contributed by atoms with Gasteiger partial charge in [0.1, 0.15) is 11.6 Å². The van der Waals surface area contributed by atoms with Crippen LogP contribution in [-0.2, 0) is 6.54 Å². The molecule has 1 fully saturated rings. The Morgan fingerprint density at radius 1 is 1.00 bits per heavy atom. The van der Waals surface area contributed by atoms with Crippen LogP contribution in [0.5, 0.6) is 0 Å². The fraction of sp³-hybridized carbons (Fsp3) is 0.625. The molecule has 0 unspecified atom stereocenters. The summed E-state index contributed by atoms with van der Waals surface area (Å²) in [7, 11) is 0. The van der Waals surface area contributed by atoms with Gasteiger partial charge in [0.15, 0.2) is 0 Å². The van der Waals surface area contributed by atoms with E-state index in [0.29, 0.717) is 12.1 Å². The maximum atomic E-state index is 13.0. The average molecular weight is 267 g/mol. The van der Waals surface area contributed by atoms with Crippen molar-refractivity contribution in [3.63, 3.8) is 0 Å². The van der Waals surface area contributed by atoms with Crippen molar-refractivity contribution in [2.24, 2.45) is 11.8 Å². The molecule has 0 amide bonds. The number of nitrogens with one attached hydrogen (secondary N) is 1. The fourth-order valence-corrected chi connectivity index (χ4v) is 2.98. The summed E-state index contributed by atoms with van der Waals surface area (Å²) in [5.74, 6) is 0.635. The van der Waals surface area contributed by atoms with Gasteiger partial charge in [-0.05, 0) is 48.9 Å². The second-order valence-electron chi connectivity index (χ2n) is 5.70. The number of halogens is 2. The lowest BCUT2D eigenvalue weighted by molar-refractivity contribution is 0.262. The molecule has 1 aromatic rings. The van der Waals surface area contributed by atoms with Crippen LogP contribution >= 0.6 is 0 Å². The average Bonchev–Trinajstić information content (AvgIpc) is 2.38. The molecule has 0 aliphatic heterocycles. The van der Waals surface area contributed by atoms with Crippen LogP contribution in [0.4, 0.5) is 8.78 Å². The predicted molar refractivity (Wildman–Crippen MR) is 73.8 cm³/mol. The van der Waals surface area contributed by atoms with Crippen molar-refractivity contribution < 1.29 is 8.78 Å². The molecule has 0 heterocycles. The Hall–Kier alpha value is -0.960. The number of hydrogen-bond acceptors (Lipinski definition) is 1. The highest BCUT2D eigenvalue weighted by atomic mass is 19.1. The van der Waals surface area contributed by atoms with Gasteiger partial charge in [0.25, 0.3) is 0 Å². The zero-order valence-electron chi connectivity index (χ0n) is 11.6. The largest absolute Gasteiger partial charge is 0.312 e. The molecule has 19 heavy (non-hydrogen) atoms. The Labute approximate surface area is 114 Å². The first kappa shape index (κ1) is 14.4. The summed E-state index contributed by atoms with van der Waals surface area (Å²) in [5, 5.41) is 3.33. The van der Waals surface area contributed by atoms with Crippen LogP contribution in [0.1, 0.15) is 44.6 Å². The van der Waals surface area contributed by atoms with Crippen LogP contribution in [0.25, 0.3) is 0 Å². The Morgan fingerprint density at radius 2 is 1.58 bits per heavy atom. The van der Waals surface area contributed by atoms with Gasteiger partial charge in [0, 0.05) is 12.6 Å². The normalized spacial score (nSPS) is 23.5. The molecule has 0 atom stereocenters. The first-order valence-corrected chi connectivity index (χ1v) is 7.33. The zero-order valence-corrected chi connectivity index (χ0v) is 11.6. The summed E-state index contributed by atoms with van der Waals surface area (Å²) in [6.07, 6.45) is 6.52. The standard InChI is InChI=1S/C16H23F2N/c1-2-12-3-5-13(6-4-12)10-19-11-14-7-15(17)9-16(18)8-14/h7-9,12-13,19H,2-6,10-11H2,1H3. The van der Waals surface area contributed by atoms with E-state index in [1.165, 1.54) is 44.2 Å². The molecule has 0 bridgehead atoms. The SMILES string of the molecule is CCC1CCC(CNCc2cc(F)cc(F)c2)CC1. The first-order valence-electron chi connectivity index (χ1n) is 7.33. The molecule has 1 aliphatic rings. The molecule has 106 valence electrons. The maximum Gasteiger partial charge on any atom is 0.126 e. The summed E-state index contributed by atoms with van der Waals surface area (Å²) < 4.78 is 26.0. The van der Waals surface area contributed by atoms with E-state index in [0.717, 1.165) is 24.4 Å². The summed E-state index contributed by atoms with van der Waals surface area (Å²) in [5.41, 5.74) is 0.680. The second-order valence-corrected chi connectivity index (χ2v) is 5.70. The van der Waals surface area contributed by atoms with E-state index in [9.17, 15) is 8.78 Å². The van der Waals surface area contributed by atoms with Crippen molar-refractivity contribution in [3.05, 3.63) is 35.4 Å². The molecule has 1 saturated carbocycles. The minimum atomic E-state index is -0.500. The van der Waals surface area contributed by atoms with Gasteiger partial charge in [-0.15, -0.1) is 0 Å². The zero-order chi connectivity index (χ0) is 13.7. The van der Waals surface area contributed by atoms with E-state index in [4.69, 9.17) is 0 Å². The third-order valence-electron chi connectivity index (χ3n) is 4.23. The summed E-state index contributed by atoms with van der Waals surface area (Å²) in [6, 6.07) is 3.70. The van der Waals surface area contributed by atoms with Gasteiger partial charge in [-0.3, -0.25) is 0 Å². The van der Waals surface area contributed by atoms with E-state index >= 15 is 0 Å². The molecular formula is C16H23F2N. The van der Waals surface area contributed by atoms with Crippen LogP contribution in [-0.4, -0.2) is 6.54 Å². The van der Waals surface area contributed by atoms with Crippen LogP contribution in [0.15, 0.2) is 18.2 Å². The molecule has 1 aromatic carbocycles. The molecule has 1 aliphatic carbocycles. The van der Waals surface area contributed by atoms with Crippen molar-refractivity contribution in [1.82, 2.24) is 5.32 Å². The molecule has 0 spiro atoms. The van der Waals surface area contributed by atoms with E-state index in [2.05, 4.69) is 12.2 Å². The molecule has 0 saturated heterocycles. The van der Waals surface area contributed by atoms with Crippen LogP contribution in [0.2, 0.25) is 0 Å². The van der Waals surface area contributed by atoms with Crippen molar-refractivity contribution >= 4 is 0 Å². The highest BCUT2D eigenvalue weighted by molar-refractivity contribution is 5.17. The third kappa shape index (κ3) is 4.57. The van der Waals surface area contributed by atoms with E-state index in [1.54, 1.807) is 0 Å². The molecule has 0 aromatic heterocycles. The van der Waals surface area contributed by atoms with E-state index < -0.39 is 11.6 Å². The van der Waals surface area contributed by atoms with Gasteiger partial charge in [-0.25, -0.2) is 8.78 Å². The lowest BCUT2D eigenvalue weighted by Crippen LogP contribution is -2.26. The van der Waals surface area contributed by atoms with Gasteiger partial charge in [0.05, 0.1) is 0 Å². The predicted octanol–water partition coefficient (Wildman–Crippen LogP) is 4.27. The minimum absolute atomic E-state index is 0.500. The topological polar surface area (TPSA) is 12.0 Å². The quantitative estimate of drug-likeness (QED) is 0.840. The molecule has 1 nitrogen and oxygen atoms in total. The van der Waals surface area contributed by atoms with Crippen molar-refractivity contribution in [3.8, 4) is 0 Å². The lowest BCUT2D eigenvalue weighted by atomic mass is 9.81. The monoisotopic (exact) mass is 267 g/mol. The smallest absolute Gasteiger partial charge is 0.126 e. The van der Waals surface area contributed by atoms with Crippen LogP contribution in [0.3, 0.4) is 0 Å². The third-order valence-corrected chi connectivity index (χ3v) is 4.23. The highest BCUT2D eigenvalue weighted by Crippen LogP contribution is 2.30. The minimum Gasteiger partial charge on any atom is -0.312 e. The number of benzene rings is 1. The van der Waals surface area contributed by atoms with Crippen molar-refractivity contribution in [2.75, 3.05) is 6.54 Å². The molecule has 3 heteroatoms. The van der Waals surface area contributed by atoms with E-state index in [1.807, 2.05) is 0 Å². The van der Waals surface area contributed by atoms with Gasteiger partial charge in [0.2, 0.25) is 0 Å². The number of hydrogen-bond donors (Lipinski definition) is 1. The van der Waals surface area contributed by atoms with Crippen LogP contribution in [0, 0.1) is 23.5 Å². The van der Waals surface area contributed by atoms with Crippen molar-refractivity contribution in [1.29, 1.82) is 0 Å². The molecular weight excluding hydrogens is 244 g/mol. The summed E-state index contributed by atoms with van der Waals surface area (Å²) >= 11 is 0. The van der Waals surface area contributed by atoms with Gasteiger partial charge < -0.3 is 5.32 Å². The molecule has 2 rings (SSSR count). The fourth-order valence-electron chi connectivity index (χ4n) is 2.98. The summed E-state index contributed by atoms with van der Waals surface area (Å²) in [4.78, 5) is 0. The highest BCUT2D eigenvalue weighted by Gasteiger charge is 2.19. The Bertz CT molecular complexity index is 377. The van der Waals surface area contributed by atoms with Crippen molar-refractivity contribution in [2.45, 2.75) is 45.6 Å². The first-order chi connectivity index (χ1) is 9.17. The summed E-state index contributed by atoms with van der Waals surface area (Å²) in [6.45, 7) is 3.76. The second kappa shape index (κ2) is 6.99. The Kier molecular flexibility index (Phi) is 5.32. The van der Waals surface area contributed by atoms with Crippen LogP contribution < -0.4 is 5.32 Å². The van der Waals surface area contributed by atoms with Gasteiger partial charge in [-0.2, -0.15) is 0 Å². The van der Waals surface area contributed by atoms with E-state index in [-0.39, 0.29) is 0 Å².